The standard InChI is InChI=1S/C10H12NO4/c1-14-9-3-4-10(15-2)8(7-9)5-6-11(12)13/h3-7,12H,1-2H3/q-1/b6-5+. The van der Waals surface area contributed by atoms with Gasteiger partial charge < -0.3 is 19.9 Å². The summed E-state index contributed by atoms with van der Waals surface area (Å²) in [6, 6.07) is 5.15. The van der Waals surface area contributed by atoms with E-state index >= 15 is 0 Å². The Bertz CT molecular complexity index is 349. The third kappa shape index (κ3) is 3.16. The number of hydroxylamine groups is 2. The highest BCUT2D eigenvalue weighted by Crippen LogP contribution is 2.24. The Morgan fingerprint density at radius 1 is 1.33 bits per heavy atom. The Morgan fingerprint density at radius 2 is 2.07 bits per heavy atom. The summed E-state index contributed by atoms with van der Waals surface area (Å²) in [5.41, 5.74) is 0.645. The van der Waals surface area contributed by atoms with Crippen molar-refractivity contribution in [1.29, 1.82) is 0 Å². The molecule has 0 bridgehead atoms. The number of hydrogen-bond donors (Lipinski definition) is 1. The predicted molar refractivity (Wildman–Crippen MR) is 55.6 cm³/mol. The highest BCUT2D eigenvalue weighted by Gasteiger charge is 2.01. The first-order valence-electron chi connectivity index (χ1n) is 4.23. The zero-order valence-electron chi connectivity index (χ0n) is 8.51. The fourth-order valence-corrected chi connectivity index (χ4v) is 1.11. The minimum Gasteiger partial charge on any atom is -0.734 e. The molecule has 15 heavy (non-hydrogen) atoms. The molecule has 0 aromatic heterocycles. The van der Waals surface area contributed by atoms with Gasteiger partial charge in [-0.2, -0.15) is 0 Å². The van der Waals surface area contributed by atoms with Crippen LogP contribution in [-0.2, 0) is 0 Å². The lowest BCUT2D eigenvalue weighted by atomic mass is 10.2. The van der Waals surface area contributed by atoms with Gasteiger partial charge in [0.2, 0.25) is 0 Å². The van der Waals surface area contributed by atoms with Crippen LogP contribution in [0.2, 0.25) is 0 Å². The molecule has 0 amide bonds. The van der Waals surface area contributed by atoms with Gasteiger partial charge >= 0.3 is 0 Å². The topological polar surface area (TPSA) is 65.0 Å². The second kappa shape index (κ2) is 5.23. The summed E-state index contributed by atoms with van der Waals surface area (Å²) in [4.78, 5) is 0. The zero-order valence-corrected chi connectivity index (χ0v) is 8.51. The van der Waals surface area contributed by atoms with Crippen LogP contribution in [0.3, 0.4) is 0 Å². The first-order valence-corrected chi connectivity index (χ1v) is 4.23. The van der Waals surface area contributed by atoms with Gasteiger partial charge in [0.25, 0.3) is 0 Å². The largest absolute Gasteiger partial charge is 0.734 e. The third-order valence-electron chi connectivity index (χ3n) is 1.82. The van der Waals surface area contributed by atoms with E-state index in [1.54, 1.807) is 25.3 Å². The van der Waals surface area contributed by atoms with Gasteiger partial charge in [0.1, 0.15) is 11.5 Å². The minimum atomic E-state index is -0.279. The first kappa shape index (κ1) is 11.4. The van der Waals surface area contributed by atoms with E-state index in [0.29, 0.717) is 17.1 Å². The van der Waals surface area contributed by atoms with E-state index in [2.05, 4.69) is 0 Å². The molecular formula is C10H12NO4-. The molecule has 0 spiro atoms. The molecule has 0 aliphatic rings. The van der Waals surface area contributed by atoms with Gasteiger partial charge in [-0.3, -0.25) is 5.21 Å². The SMILES string of the molecule is COc1ccc(OC)c(/C=C/N([O-])O)c1. The van der Waals surface area contributed by atoms with Crippen LogP contribution < -0.4 is 9.47 Å². The maximum Gasteiger partial charge on any atom is 0.126 e. The van der Waals surface area contributed by atoms with E-state index in [9.17, 15) is 5.21 Å². The van der Waals surface area contributed by atoms with E-state index in [-0.39, 0.29) is 5.23 Å². The molecule has 5 nitrogen and oxygen atoms in total. The monoisotopic (exact) mass is 210 g/mol. The first-order chi connectivity index (χ1) is 7.17. The molecule has 1 aromatic carbocycles. The van der Waals surface area contributed by atoms with E-state index in [4.69, 9.17) is 14.7 Å². The molecule has 0 saturated heterocycles. The van der Waals surface area contributed by atoms with Gasteiger partial charge in [-0.15, -0.1) is 0 Å². The van der Waals surface area contributed by atoms with Crippen molar-refractivity contribution in [3.63, 3.8) is 0 Å². The van der Waals surface area contributed by atoms with Crippen LogP contribution in [0, 0.1) is 5.21 Å². The Labute approximate surface area is 87.7 Å². The number of ether oxygens (including phenoxy) is 2. The summed E-state index contributed by atoms with van der Waals surface area (Å²) >= 11 is 0. The predicted octanol–water partition coefficient (Wildman–Crippen LogP) is 1.86. The average molecular weight is 210 g/mol. The summed E-state index contributed by atoms with van der Waals surface area (Å²) in [6.07, 6.45) is 2.39. The Balaban J connectivity index is 3.01. The van der Waals surface area contributed by atoms with Crippen molar-refractivity contribution < 1.29 is 14.7 Å². The molecule has 0 radical (unpaired) electrons. The highest BCUT2D eigenvalue weighted by atomic mass is 16.8. The fourth-order valence-electron chi connectivity index (χ4n) is 1.11. The summed E-state index contributed by atoms with van der Waals surface area (Å²) in [5, 5.41) is 18.4. The van der Waals surface area contributed by atoms with Crippen LogP contribution in [0.25, 0.3) is 6.08 Å². The Hall–Kier alpha value is -1.72. The molecule has 1 rings (SSSR count). The van der Waals surface area contributed by atoms with Crippen LogP contribution in [0.4, 0.5) is 0 Å². The molecule has 0 saturated carbocycles. The van der Waals surface area contributed by atoms with Crippen molar-refractivity contribution >= 4 is 6.08 Å². The maximum atomic E-state index is 10.3. The van der Waals surface area contributed by atoms with Crippen molar-refractivity contribution in [2.75, 3.05) is 14.2 Å². The maximum absolute atomic E-state index is 10.3. The molecule has 0 aliphatic heterocycles. The number of rotatable bonds is 4. The summed E-state index contributed by atoms with van der Waals surface area (Å²) in [7, 11) is 3.06. The molecule has 1 N–H and O–H groups in total. The second-order valence-corrected chi connectivity index (χ2v) is 2.73. The molecule has 1 aromatic rings. The van der Waals surface area contributed by atoms with Crippen molar-refractivity contribution in [2.24, 2.45) is 0 Å². The number of hydrogen-bond acceptors (Lipinski definition) is 5. The summed E-state index contributed by atoms with van der Waals surface area (Å²) in [6.45, 7) is 0. The Morgan fingerprint density at radius 3 is 2.60 bits per heavy atom. The van der Waals surface area contributed by atoms with E-state index < -0.39 is 0 Å². The smallest absolute Gasteiger partial charge is 0.126 e. The molecular weight excluding hydrogens is 198 g/mol. The molecule has 0 fully saturated rings. The number of methoxy groups -OCH3 is 2. The van der Waals surface area contributed by atoms with Gasteiger partial charge in [0.15, 0.2) is 0 Å². The summed E-state index contributed by atoms with van der Waals surface area (Å²) in [5.74, 6) is 1.24. The van der Waals surface area contributed by atoms with Gasteiger partial charge in [0.05, 0.1) is 14.2 Å². The molecule has 0 atom stereocenters. The van der Waals surface area contributed by atoms with Crippen LogP contribution in [0.5, 0.6) is 11.5 Å². The molecule has 82 valence electrons. The Kier molecular flexibility index (Phi) is 3.96. The average Bonchev–Trinajstić information content (AvgIpc) is 2.25. The van der Waals surface area contributed by atoms with Crippen molar-refractivity contribution in [3.05, 3.63) is 35.2 Å². The lowest BCUT2D eigenvalue weighted by Crippen LogP contribution is -1.98. The van der Waals surface area contributed by atoms with Crippen LogP contribution >= 0.6 is 0 Å². The van der Waals surface area contributed by atoms with Crippen LogP contribution in [-0.4, -0.2) is 24.7 Å². The minimum absolute atomic E-state index is 0.279. The third-order valence-corrected chi connectivity index (χ3v) is 1.82. The zero-order chi connectivity index (χ0) is 11.3. The van der Waals surface area contributed by atoms with Crippen molar-refractivity contribution in [1.82, 2.24) is 5.23 Å². The quantitative estimate of drug-likeness (QED) is 0.768. The van der Waals surface area contributed by atoms with E-state index in [1.807, 2.05) is 0 Å². The molecule has 0 unspecified atom stereocenters. The van der Waals surface area contributed by atoms with Crippen molar-refractivity contribution in [2.45, 2.75) is 0 Å². The molecule has 0 heterocycles. The lowest BCUT2D eigenvalue weighted by Gasteiger charge is -2.15. The molecule has 0 aliphatic carbocycles. The summed E-state index contributed by atoms with van der Waals surface area (Å²) < 4.78 is 10.1. The van der Waals surface area contributed by atoms with E-state index in [1.165, 1.54) is 13.2 Å². The number of benzene rings is 1. The van der Waals surface area contributed by atoms with Gasteiger partial charge in [-0.25, -0.2) is 0 Å². The second-order valence-electron chi connectivity index (χ2n) is 2.73. The van der Waals surface area contributed by atoms with Crippen LogP contribution in [0.15, 0.2) is 24.4 Å². The normalized spacial score (nSPS) is 10.4. The van der Waals surface area contributed by atoms with Crippen LogP contribution in [0.1, 0.15) is 5.56 Å². The van der Waals surface area contributed by atoms with Gasteiger partial charge in [-0.1, -0.05) is 0 Å². The van der Waals surface area contributed by atoms with Gasteiger partial charge in [0, 0.05) is 11.8 Å². The molecule has 5 heteroatoms. The van der Waals surface area contributed by atoms with Crippen molar-refractivity contribution in [3.8, 4) is 11.5 Å². The number of nitrogens with zero attached hydrogens (tertiary/aromatic N) is 1. The van der Waals surface area contributed by atoms with E-state index in [0.717, 1.165) is 6.20 Å². The highest BCUT2D eigenvalue weighted by molar-refractivity contribution is 5.59. The van der Waals surface area contributed by atoms with Gasteiger partial charge in [-0.05, 0) is 24.3 Å². The fraction of sp³-hybridized carbons (Fsp3) is 0.200. The lowest BCUT2D eigenvalue weighted by molar-refractivity contribution is 0.0129.